The van der Waals surface area contributed by atoms with Crippen LogP contribution in [0.4, 0.5) is 5.69 Å². The molecular formula is C21H18N4O5S. The molecule has 2 amide bonds. The molecule has 10 heteroatoms. The summed E-state index contributed by atoms with van der Waals surface area (Å²) < 4.78 is 5.65. The van der Waals surface area contributed by atoms with Crippen molar-refractivity contribution in [3.8, 4) is 5.75 Å². The van der Waals surface area contributed by atoms with Crippen LogP contribution in [0.5, 0.6) is 5.75 Å². The molecule has 0 aliphatic heterocycles. The molecule has 0 bridgehead atoms. The molecule has 0 saturated carbocycles. The van der Waals surface area contributed by atoms with E-state index in [4.69, 9.17) is 17.0 Å². The summed E-state index contributed by atoms with van der Waals surface area (Å²) >= 11 is 4.96. The molecule has 9 nitrogen and oxygen atoms in total. The van der Waals surface area contributed by atoms with Crippen LogP contribution < -0.4 is 20.9 Å². The molecule has 0 spiro atoms. The van der Waals surface area contributed by atoms with Crippen molar-refractivity contribution in [3.63, 3.8) is 0 Å². The van der Waals surface area contributed by atoms with Crippen LogP contribution in [0.25, 0.3) is 10.8 Å². The van der Waals surface area contributed by atoms with Gasteiger partial charge in [-0.1, -0.05) is 42.5 Å². The van der Waals surface area contributed by atoms with Gasteiger partial charge in [-0.2, -0.15) is 0 Å². The lowest BCUT2D eigenvalue weighted by Crippen LogP contribution is -2.51. The number of ether oxygens (including phenoxy) is 1. The summed E-state index contributed by atoms with van der Waals surface area (Å²) in [5.41, 5.74) is 4.19. The first-order valence-corrected chi connectivity index (χ1v) is 9.56. The quantitative estimate of drug-likeness (QED) is 0.318. The third-order valence-electron chi connectivity index (χ3n) is 4.27. The molecule has 0 aromatic heterocycles. The molecular weight excluding hydrogens is 420 g/mol. The zero-order chi connectivity index (χ0) is 22.4. The fourth-order valence-electron chi connectivity index (χ4n) is 2.74. The summed E-state index contributed by atoms with van der Waals surface area (Å²) in [7, 11) is 0. The molecule has 0 aliphatic rings. The predicted octanol–water partition coefficient (Wildman–Crippen LogP) is 2.85. The summed E-state index contributed by atoms with van der Waals surface area (Å²) in [6.45, 7) is 1.56. The van der Waals surface area contributed by atoms with E-state index in [1.165, 1.54) is 24.3 Å². The molecule has 1 unspecified atom stereocenters. The van der Waals surface area contributed by atoms with E-state index >= 15 is 0 Å². The zero-order valence-electron chi connectivity index (χ0n) is 16.3. The number of rotatable bonds is 5. The molecule has 0 aliphatic carbocycles. The van der Waals surface area contributed by atoms with Gasteiger partial charge < -0.3 is 4.74 Å². The highest BCUT2D eigenvalue weighted by molar-refractivity contribution is 7.80. The highest BCUT2D eigenvalue weighted by Crippen LogP contribution is 2.21. The molecule has 31 heavy (non-hydrogen) atoms. The number of nitro groups is 1. The van der Waals surface area contributed by atoms with Gasteiger partial charge in [-0.25, -0.2) is 0 Å². The molecule has 3 aromatic carbocycles. The number of para-hydroxylation sites is 1. The fraction of sp³-hybridized carbons (Fsp3) is 0.0952. The first kappa shape index (κ1) is 21.7. The van der Waals surface area contributed by atoms with Crippen LogP contribution in [0, 0.1) is 10.1 Å². The number of thiocarbonyl (C=S) groups is 1. The number of benzene rings is 3. The van der Waals surface area contributed by atoms with Crippen LogP contribution in [0.1, 0.15) is 17.3 Å². The van der Waals surface area contributed by atoms with Gasteiger partial charge in [0.05, 0.1) is 4.92 Å². The maximum atomic E-state index is 12.3. The van der Waals surface area contributed by atoms with Gasteiger partial charge in [0.1, 0.15) is 11.3 Å². The van der Waals surface area contributed by atoms with E-state index in [0.29, 0.717) is 5.75 Å². The Balaban J connectivity index is 1.53. The summed E-state index contributed by atoms with van der Waals surface area (Å²) in [4.78, 5) is 34.8. The first-order chi connectivity index (χ1) is 14.8. The highest BCUT2D eigenvalue weighted by Gasteiger charge is 2.20. The topological polar surface area (TPSA) is 123 Å². The van der Waals surface area contributed by atoms with Gasteiger partial charge >= 0.3 is 0 Å². The van der Waals surface area contributed by atoms with Crippen LogP contribution in [-0.2, 0) is 4.79 Å². The number of hydrogen-bond acceptors (Lipinski definition) is 6. The van der Waals surface area contributed by atoms with E-state index < -0.39 is 22.8 Å². The van der Waals surface area contributed by atoms with Crippen molar-refractivity contribution in [2.75, 3.05) is 0 Å². The monoisotopic (exact) mass is 438 g/mol. The van der Waals surface area contributed by atoms with Crippen LogP contribution in [0.2, 0.25) is 0 Å². The summed E-state index contributed by atoms with van der Waals surface area (Å²) in [5.74, 6) is -0.788. The third-order valence-corrected chi connectivity index (χ3v) is 4.48. The maximum absolute atomic E-state index is 12.3. The van der Waals surface area contributed by atoms with Crippen molar-refractivity contribution in [2.45, 2.75) is 13.0 Å². The minimum Gasteiger partial charge on any atom is -0.481 e. The molecule has 0 fully saturated rings. The Morgan fingerprint density at radius 3 is 2.42 bits per heavy atom. The second-order valence-corrected chi connectivity index (χ2v) is 6.85. The molecule has 0 saturated heterocycles. The summed E-state index contributed by atoms with van der Waals surface area (Å²) in [6, 6.07) is 18.7. The molecule has 3 N–H and O–H groups in total. The van der Waals surface area contributed by atoms with Gasteiger partial charge in [-0.3, -0.25) is 35.9 Å². The minimum absolute atomic E-state index is 0.156. The molecule has 0 heterocycles. The van der Waals surface area contributed by atoms with Crippen molar-refractivity contribution >= 4 is 45.6 Å². The first-order valence-electron chi connectivity index (χ1n) is 9.15. The lowest BCUT2D eigenvalue weighted by molar-refractivity contribution is -0.385. The fourth-order valence-corrected chi connectivity index (χ4v) is 2.89. The number of nitrogens with zero attached hydrogens (tertiary/aromatic N) is 1. The van der Waals surface area contributed by atoms with E-state index in [9.17, 15) is 19.7 Å². The Morgan fingerprint density at radius 2 is 1.68 bits per heavy atom. The number of nitro benzene ring substituents is 1. The highest BCUT2D eigenvalue weighted by atomic mass is 32.1. The number of carbonyl (C=O) groups excluding carboxylic acids is 2. The summed E-state index contributed by atoms with van der Waals surface area (Å²) in [5, 5.41) is 15.1. The van der Waals surface area contributed by atoms with Gasteiger partial charge in [0.25, 0.3) is 17.5 Å². The molecule has 3 aromatic rings. The average Bonchev–Trinajstić information content (AvgIpc) is 2.77. The van der Waals surface area contributed by atoms with E-state index in [0.717, 1.165) is 10.8 Å². The normalized spacial score (nSPS) is 11.3. The minimum atomic E-state index is -0.859. The van der Waals surface area contributed by atoms with E-state index in [1.54, 1.807) is 13.0 Å². The third kappa shape index (κ3) is 5.52. The Bertz CT molecular complexity index is 1170. The number of nitrogens with one attached hydrogen (secondary N) is 3. The lowest BCUT2D eigenvalue weighted by Gasteiger charge is -2.16. The number of fused-ring (bicyclic) bond motifs is 1. The van der Waals surface area contributed by atoms with Crippen LogP contribution in [0.3, 0.4) is 0 Å². The lowest BCUT2D eigenvalue weighted by atomic mass is 10.1. The van der Waals surface area contributed by atoms with E-state index in [2.05, 4.69) is 16.2 Å². The van der Waals surface area contributed by atoms with Gasteiger partial charge in [0, 0.05) is 6.07 Å². The van der Waals surface area contributed by atoms with E-state index in [1.807, 2.05) is 36.4 Å². The summed E-state index contributed by atoms with van der Waals surface area (Å²) in [6.07, 6.45) is -0.859. The molecule has 3 rings (SSSR count). The Labute approximate surface area is 182 Å². The number of amides is 2. The molecule has 158 valence electrons. The van der Waals surface area contributed by atoms with Crippen molar-refractivity contribution in [1.82, 2.24) is 16.2 Å². The van der Waals surface area contributed by atoms with Crippen molar-refractivity contribution in [2.24, 2.45) is 0 Å². The second kappa shape index (κ2) is 9.63. The van der Waals surface area contributed by atoms with Crippen molar-refractivity contribution in [3.05, 3.63) is 82.4 Å². The van der Waals surface area contributed by atoms with Crippen LogP contribution in [-0.4, -0.2) is 28.0 Å². The Hall–Kier alpha value is -4.05. The Morgan fingerprint density at radius 1 is 1.00 bits per heavy atom. The molecule has 1 atom stereocenters. The number of carbonyl (C=O) groups is 2. The molecule has 0 radical (unpaired) electrons. The van der Waals surface area contributed by atoms with Crippen molar-refractivity contribution < 1.29 is 19.2 Å². The van der Waals surface area contributed by atoms with Crippen LogP contribution >= 0.6 is 12.2 Å². The van der Waals surface area contributed by atoms with Gasteiger partial charge in [0.2, 0.25) is 0 Å². The standard InChI is InChI=1S/C21H18N4O5S/c1-13(30-16-11-10-14-6-2-3-7-15(14)12-16)19(26)23-24-21(31)22-20(27)17-8-4-5-9-18(17)25(28)29/h2-13H,1H3,(H,23,26)(H2,22,24,27,31). The SMILES string of the molecule is CC(Oc1ccc2ccccc2c1)C(=O)NNC(=S)NC(=O)c1ccccc1[N+](=O)[O-]. The smallest absolute Gasteiger partial charge is 0.282 e. The van der Waals surface area contributed by atoms with Gasteiger partial charge in [-0.15, -0.1) is 0 Å². The second-order valence-electron chi connectivity index (χ2n) is 6.44. The van der Waals surface area contributed by atoms with Gasteiger partial charge in [-0.05, 0) is 48.1 Å². The number of hydrazine groups is 1. The van der Waals surface area contributed by atoms with Gasteiger partial charge in [0.15, 0.2) is 11.2 Å². The number of hydrogen-bond donors (Lipinski definition) is 3. The predicted molar refractivity (Wildman–Crippen MR) is 118 cm³/mol. The zero-order valence-corrected chi connectivity index (χ0v) is 17.1. The van der Waals surface area contributed by atoms with Crippen molar-refractivity contribution in [1.29, 1.82) is 0 Å². The maximum Gasteiger partial charge on any atom is 0.282 e. The average molecular weight is 438 g/mol. The van der Waals surface area contributed by atoms with Crippen LogP contribution in [0.15, 0.2) is 66.7 Å². The largest absolute Gasteiger partial charge is 0.481 e. The Kier molecular flexibility index (Phi) is 6.73. The van der Waals surface area contributed by atoms with E-state index in [-0.39, 0.29) is 16.4 Å².